The Kier molecular flexibility index (Phi) is 4.95. The monoisotopic (exact) mass is 399 g/mol. The lowest BCUT2D eigenvalue weighted by atomic mass is 10.2. The Labute approximate surface area is 164 Å². The molecule has 138 valence electrons. The molecule has 0 saturated carbocycles. The third-order valence-corrected chi connectivity index (χ3v) is 5.86. The molecule has 1 atom stereocenters. The topological polar surface area (TPSA) is 82.8 Å². The van der Waals surface area contributed by atoms with Crippen molar-refractivity contribution in [3.63, 3.8) is 0 Å². The first-order valence-corrected chi connectivity index (χ1v) is 10.1. The zero-order valence-corrected chi connectivity index (χ0v) is 16.5. The van der Waals surface area contributed by atoms with Gasteiger partial charge >= 0.3 is 0 Å². The van der Waals surface area contributed by atoms with E-state index in [1.165, 1.54) is 11.8 Å². The molecule has 0 aliphatic rings. The standard InChI is InChI=1S/C18H17N5O2S2/c1-4-8-23-15(13-7-9-24-11(13)2)19-22-18(23)27-12(3)16-20-21-17(25-16)14-6-5-10-26-14/h4-7,9-10,12H,1,8H2,2-3H3/t12-/m0/s1. The van der Waals surface area contributed by atoms with Crippen LogP contribution >= 0.6 is 23.1 Å². The molecule has 9 heteroatoms. The van der Waals surface area contributed by atoms with Gasteiger partial charge in [0.1, 0.15) is 5.76 Å². The Morgan fingerprint density at radius 3 is 2.89 bits per heavy atom. The van der Waals surface area contributed by atoms with Gasteiger partial charge in [0.15, 0.2) is 11.0 Å². The first-order valence-electron chi connectivity index (χ1n) is 8.30. The summed E-state index contributed by atoms with van der Waals surface area (Å²) in [4.78, 5) is 0.957. The largest absolute Gasteiger partial charge is 0.469 e. The predicted octanol–water partition coefficient (Wildman–Crippen LogP) is 5.00. The van der Waals surface area contributed by atoms with Gasteiger partial charge in [0.25, 0.3) is 5.89 Å². The van der Waals surface area contributed by atoms with Crippen molar-refractivity contribution in [1.29, 1.82) is 0 Å². The summed E-state index contributed by atoms with van der Waals surface area (Å²) in [5.74, 6) is 2.64. The highest BCUT2D eigenvalue weighted by Gasteiger charge is 2.22. The Bertz CT molecular complexity index is 1050. The Balaban J connectivity index is 1.60. The third-order valence-electron chi connectivity index (χ3n) is 3.93. The lowest BCUT2D eigenvalue weighted by Crippen LogP contribution is -2.02. The molecule has 4 rings (SSSR count). The third kappa shape index (κ3) is 3.47. The second-order valence-electron chi connectivity index (χ2n) is 5.78. The highest BCUT2D eigenvalue weighted by molar-refractivity contribution is 7.99. The van der Waals surface area contributed by atoms with Gasteiger partial charge < -0.3 is 8.83 Å². The Hall–Kier alpha value is -2.65. The average Bonchev–Trinajstić information content (AvgIpc) is 3.42. The summed E-state index contributed by atoms with van der Waals surface area (Å²) in [6.07, 6.45) is 3.47. The number of thiophene rings is 1. The van der Waals surface area contributed by atoms with Crippen LogP contribution in [0.15, 0.2) is 56.5 Å². The van der Waals surface area contributed by atoms with Crippen LogP contribution in [0.3, 0.4) is 0 Å². The summed E-state index contributed by atoms with van der Waals surface area (Å²) in [6.45, 7) is 8.34. The van der Waals surface area contributed by atoms with Crippen molar-refractivity contribution in [2.45, 2.75) is 30.8 Å². The maximum atomic E-state index is 5.83. The van der Waals surface area contributed by atoms with Gasteiger partial charge in [-0.05, 0) is 31.4 Å². The molecule has 0 saturated heterocycles. The van der Waals surface area contributed by atoms with E-state index in [4.69, 9.17) is 8.83 Å². The molecule has 0 aromatic carbocycles. The van der Waals surface area contributed by atoms with Gasteiger partial charge in [-0.2, -0.15) is 0 Å². The summed E-state index contributed by atoms with van der Waals surface area (Å²) in [7, 11) is 0. The van der Waals surface area contributed by atoms with Crippen LogP contribution in [0.1, 0.15) is 23.8 Å². The number of hydrogen-bond acceptors (Lipinski definition) is 8. The molecule has 0 radical (unpaired) electrons. The molecule has 0 aliphatic carbocycles. The van der Waals surface area contributed by atoms with Crippen LogP contribution in [0.4, 0.5) is 0 Å². The number of aromatic nitrogens is 5. The summed E-state index contributed by atoms with van der Waals surface area (Å²) in [5.41, 5.74) is 0.918. The van der Waals surface area contributed by atoms with Crippen molar-refractivity contribution in [1.82, 2.24) is 25.0 Å². The van der Waals surface area contributed by atoms with Gasteiger partial charge in [-0.1, -0.05) is 23.9 Å². The molecule has 27 heavy (non-hydrogen) atoms. The van der Waals surface area contributed by atoms with Crippen LogP contribution in [0, 0.1) is 6.92 Å². The van der Waals surface area contributed by atoms with Crippen LogP contribution in [0.5, 0.6) is 0 Å². The minimum Gasteiger partial charge on any atom is -0.469 e. The lowest BCUT2D eigenvalue weighted by molar-refractivity contribution is 0.509. The number of furan rings is 1. The van der Waals surface area contributed by atoms with E-state index in [1.807, 2.05) is 48.1 Å². The van der Waals surface area contributed by atoms with E-state index in [9.17, 15) is 0 Å². The number of allylic oxidation sites excluding steroid dienone is 1. The first-order chi connectivity index (χ1) is 13.2. The summed E-state index contributed by atoms with van der Waals surface area (Å²) in [6, 6.07) is 5.81. The lowest BCUT2D eigenvalue weighted by Gasteiger charge is -2.09. The van der Waals surface area contributed by atoms with Crippen LogP contribution < -0.4 is 0 Å². The number of hydrogen-bond donors (Lipinski definition) is 0. The van der Waals surface area contributed by atoms with Crippen molar-refractivity contribution >= 4 is 23.1 Å². The number of rotatable bonds is 7. The quantitative estimate of drug-likeness (QED) is 0.319. The first kappa shape index (κ1) is 17.7. The minimum atomic E-state index is -0.0720. The van der Waals surface area contributed by atoms with Crippen LogP contribution in [0.2, 0.25) is 0 Å². The molecule has 0 amide bonds. The zero-order valence-electron chi connectivity index (χ0n) is 14.8. The van der Waals surface area contributed by atoms with Crippen LogP contribution in [-0.4, -0.2) is 25.0 Å². The maximum absolute atomic E-state index is 5.83. The van der Waals surface area contributed by atoms with Crippen molar-refractivity contribution in [3.8, 4) is 22.2 Å². The average molecular weight is 400 g/mol. The van der Waals surface area contributed by atoms with Crippen molar-refractivity contribution in [2.24, 2.45) is 0 Å². The van der Waals surface area contributed by atoms with E-state index >= 15 is 0 Å². The van der Waals surface area contributed by atoms with E-state index in [0.29, 0.717) is 18.3 Å². The van der Waals surface area contributed by atoms with Crippen molar-refractivity contribution in [3.05, 3.63) is 54.1 Å². The van der Waals surface area contributed by atoms with Gasteiger partial charge in [0.05, 0.1) is 22.0 Å². The highest BCUT2D eigenvalue weighted by Crippen LogP contribution is 2.36. The van der Waals surface area contributed by atoms with Crippen molar-refractivity contribution in [2.75, 3.05) is 0 Å². The normalized spacial score (nSPS) is 12.4. The summed E-state index contributed by atoms with van der Waals surface area (Å²) in [5, 5.41) is 19.7. The molecule has 7 nitrogen and oxygen atoms in total. The molecular formula is C18H17N5O2S2. The SMILES string of the molecule is C=CCn1c(S[C@@H](C)c2nnc(-c3cccs3)o2)nnc1-c1ccoc1C. The molecule has 0 fully saturated rings. The van der Waals surface area contributed by atoms with E-state index in [2.05, 4.69) is 27.0 Å². The Morgan fingerprint density at radius 1 is 1.30 bits per heavy atom. The second-order valence-corrected chi connectivity index (χ2v) is 8.03. The van der Waals surface area contributed by atoms with Gasteiger partial charge in [0.2, 0.25) is 5.89 Å². The Morgan fingerprint density at radius 2 is 2.19 bits per heavy atom. The van der Waals surface area contributed by atoms with E-state index in [-0.39, 0.29) is 5.25 Å². The fraction of sp³-hybridized carbons (Fsp3) is 0.222. The maximum Gasteiger partial charge on any atom is 0.257 e. The molecule has 4 heterocycles. The molecule has 0 unspecified atom stereocenters. The fourth-order valence-corrected chi connectivity index (χ4v) is 4.13. The van der Waals surface area contributed by atoms with Gasteiger partial charge in [-0.25, -0.2) is 0 Å². The summed E-state index contributed by atoms with van der Waals surface area (Å²) >= 11 is 3.08. The predicted molar refractivity (Wildman–Crippen MR) is 105 cm³/mol. The number of thioether (sulfide) groups is 1. The van der Waals surface area contributed by atoms with Crippen LogP contribution in [-0.2, 0) is 6.54 Å². The number of nitrogens with zero attached hydrogens (tertiary/aromatic N) is 5. The minimum absolute atomic E-state index is 0.0720. The molecule has 0 spiro atoms. The fourth-order valence-electron chi connectivity index (χ4n) is 2.59. The second kappa shape index (κ2) is 7.53. The highest BCUT2D eigenvalue weighted by atomic mass is 32.2. The van der Waals surface area contributed by atoms with Crippen LogP contribution in [0.25, 0.3) is 22.2 Å². The zero-order chi connectivity index (χ0) is 18.8. The molecule has 0 bridgehead atoms. The van der Waals surface area contributed by atoms with Gasteiger partial charge in [0, 0.05) is 6.54 Å². The van der Waals surface area contributed by atoms with Crippen molar-refractivity contribution < 1.29 is 8.83 Å². The van der Waals surface area contributed by atoms with E-state index < -0.39 is 0 Å². The molecule has 0 N–H and O–H groups in total. The van der Waals surface area contributed by atoms with Gasteiger partial charge in [-0.3, -0.25) is 4.57 Å². The van der Waals surface area contributed by atoms with E-state index in [0.717, 1.165) is 27.2 Å². The van der Waals surface area contributed by atoms with Gasteiger partial charge in [-0.15, -0.1) is 38.3 Å². The molecule has 4 aromatic rings. The van der Waals surface area contributed by atoms with E-state index in [1.54, 1.807) is 17.6 Å². The smallest absolute Gasteiger partial charge is 0.257 e. The summed E-state index contributed by atoms with van der Waals surface area (Å²) < 4.78 is 13.2. The molecule has 0 aliphatic heterocycles. The molecule has 4 aromatic heterocycles. The number of aryl methyl sites for hydroxylation is 1. The molecular weight excluding hydrogens is 382 g/mol.